The van der Waals surface area contributed by atoms with E-state index in [9.17, 15) is 8.42 Å². The molecule has 2 rings (SSSR count). The SMILES string of the molecule is CCNC(=NCC(C)c1ccc(C)cc1)NC1CCN(CCS(C)(=O)=O)CC1. The summed E-state index contributed by atoms with van der Waals surface area (Å²) < 4.78 is 22.7. The van der Waals surface area contributed by atoms with Gasteiger partial charge in [0.15, 0.2) is 5.96 Å². The van der Waals surface area contributed by atoms with Crippen molar-refractivity contribution < 1.29 is 8.42 Å². The Bertz CT molecular complexity index is 723. The topological polar surface area (TPSA) is 73.8 Å². The fourth-order valence-corrected chi connectivity index (χ4v) is 3.93. The Morgan fingerprint density at radius 1 is 1.25 bits per heavy atom. The third-order valence-electron chi connectivity index (χ3n) is 5.22. The Hall–Kier alpha value is -1.60. The van der Waals surface area contributed by atoms with Crippen LogP contribution in [-0.2, 0) is 9.84 Å². The summed E-state index contributed by atoms with van der Waals surface area (Å²) >= 11 is 0. The molecule has 0 bridgehead atoms. The van der Waals surface area contributed by atoms with E-state index in [1.807, 2.05) is 0 Å². The fourth-order valence-electron chi connectivity index (χ4n) is 3.34. The van der Waals surface area contributed by atoms with E-state index in [2.05, 4.69) is 60.6 Å². The summed E-state index contributed by atoms with van der Waals surface area (Å²) in [6, 6.07) is 9.04. The minimum Gasteiger partial charge on any atom is -0.357 e. The van der Waals surface area contributed by atoms with Gasteiger partial charge in [-0.25, -0.2) is 8.42 Å². The molecule has 0 amide bonds. The number of nitrogens with one attached hydrogen (secondary N) is 2. The van der Waals surface area contributed by atoms with Crippen LogP contribution in [0.1, 0.15) is 43.7 Å². The second-order valence-corrected chi connectivity index (χ2v) is 10.2. The molecule has 1 saturated heterocycles. The summed E-state index contributed by atoms with van der Waals surface area (Å²) in [5, 5.41) is 6.91. The molecule has 2 N–H and O–H groups in total. The molecule has 7 heteroatoms. The normalized spacial score (nSPS) is 18.1. The monoisotopic (exact) mass is 408 g/mol. The third-order valence-corrected chi connectivity index (χ3v) is 6.14. The first-order valence-corrected chi connectivity index (χ1v) is 12.3. The maximum absolute atomic E-state index is 11.3. The number of aryl methyl sites for hydroxylation is 1. The van der Waals surface area contributed by atoms with Gasteiger partial charge in [0.2, 0.25) is 0 Å². The smallest absolute Gasteiger partial charge is 0.191 e. The van der Waals surface area contributed by atoms with Gasteiger partial charge in [-0.1, -0.05) is 36.8 Å². The number of rotatable bonds is 8. The highest BCUT2D eigenvalue weighted by Crippen LogP contribution is 2.16. The average molecular weight is 409 g/mol. The first kappa shape index (κ1) is 22.7. The lowest BCUT2D eigenvalue weighted by Crippen LogP contribution is -2.49. The van der Waals surface area contributed by atoms with E-state index >= 15 is 0 Å². The van der Waals surface area contributed by atoms with E-state index in [-0.39, 0.29) is 5.75 Å². The minimum atomic E-state index is -2.89. The molecule has 0 spiro atoms. The summed E-state index contributed by atoms with van der Waals surface area (Å²) in [6.45, 7) is 10.4. The molecule has 1 aromatic rings. The zero-order chi connectivity index (χ0) is 20.6. The Morgan fingerprint density at radius 3 is 2.46 bits per heavy atom. The van der Waals surface area contributed by atoms with E-state index in [0.717, 1.165) is 45.0 Å². The van der Waals surface area contributed by atoms with Gasteiger partial charge < -0.3 is 15.5 Å². The molecule has 1 aromatic carbocycles. The summed E-state index contributed by atoms with van der Waals surface area (Å²) in [5.74, 6) is 1.48. The van der Waals surface area contributed by atoms with Crippen molar-refractivity contribution in [3.05, 3.63) is 35.4 Å². The standard InChI is InChI=1S/C21H36N4O2S/c1-5-22-21(23-16-18(3)19-8-6-17(2)7-9-19)24-20-10-12-25(13-11-20)14-15-28(4,26)27/h6-9,18,20H,5,10-16H2,1-4H3,(H2,22,23,24). The molecule has 0 aliphatic carbocycles. The van der Waals surface area contributed by atoms with Gasteiger partial charge in [0.05, 0.1) is 5.75 Å². The summed E-state index contributed by atoms with van der Waals surface area (Å²) in [6.07, 6.45) is 3.31. The van der Waals surface area contributed by atoms with Crippen molar-refractivity contribution in [1.29, 1.82) is 0 Å². The van der Waals surface area contributed by atoms with Crippen LogP contribution >= 0.6 is 0 Å². The summed E-state index contributed by atoms with van der Waals surface area (Å²) in [7, 11) is -2.89. The zero-order valence-corrected chi connectivity index (χ0v) is 18.6. The maximum Gasteiger partial charge on any atom is 0.191 e. The number of piperidine rings is 1. The van der Waals surface area contributed by atoms with Crippen LogP contribution in [0.4, 0.5) is 0 Å². The Morgan fingerprint density at radius 2 is 1.89 bits per heavy atom. The number of benzene rings is 1. The van der Waals surface area contributed by atoms with Crippen LogP contribution in [0.5, 0.6) is 0 Å². The van der Waals surface area contributed by atoms with Crippen molar-refractivity contribution in [1.82, 2.24) is 15.5 Å². The van der Waals surface area contributed by atoms with E-state index < -0.39 is 9.84 Å². The maximum atomic E-state index is 11.3. The molecule has 1 fully saturated rings. The number of likely N-dealkylation sites (tertiary alicyclic amines) is 1. The van der Waals surface area contributed by atoms with Gasteiger partial charge >= 0.3 is 0 Å². The number of guanidine groups is 1. The van der Waals surface area contributed by atoms with Gasteiger partial charge in [-0.15, -0.1) is 0 Å². The molecule has 0 radical (unpaired) electrons. The van der Waals surface area contributed by atoms with Crippen molar-refractivity contribution in [2.75, 3.05) is 44.7 Å². The summed E-state index contributed by atoms with van der Waals surface area (Å²) in [4.78, 5) is 7.03. The Labute approximate surface area is 170 Å². The number of hydrogen-bond acceptors (Lipinski definition) is 4. The lowest BCUT2D eigenvalue weighted by Gasteiger charge is -2.33. The van der Waals surface area contributed by atoms with Crippen LogP contribution in [0.3, 0.4) is 0 Å². The first-order chi connectivity index (χ1) is 13.3. The van der Waals surface area contributed by atoms with Crippen molar-refractivity contribution in [2.45, 2.75) is 45.6 Å². The molecule has 0 aromatic heterocycles. The predicted octanol–water partition coefficient (Wildman–Crippen LogP) is 2.16. The highest BCUT2D eigenvalue weighted by Gasteiger charge is 2.20. The number of hydrogen-bond donors (Lipinski definition) is 2. The van der Waals surface area contributed by atoms with Gasteiger partial charge in [-0.05, 0) is 32.3 Å². The van der Waals surface area contributed by atoms with Crippen molar-refractivity contribution >= 4 is 15.8 Å². The van der Waals surface area contributed by atoms with E-state index in [0.29, 0.717) is 18.5 Å². The van der Waals surface area contributed by atoms with E-state index in [1.54, 1.807) is 0 Å². The molecular weight excluding hydrogens is 372 g/mol. The van der Waals surface area contributed by atoms with Gasteiger partial charge in [-0.3, -0.25) is 4.99 Å². The van der Waals surface area contributed by atoms with E-state index in [1.165, 1.54) is 17.4 Å². The second kappa shape index (κ2) is 10.8. The number of aliphatic imine (C=N–C) groups is 1. The molecule has 0 saturated carbocycles. The largest absolute Gasteiger partial charge is 0.357 e. The molecule has 1 heterocycles. The van der Waals surface area contributed by atoms with Crippen LogP contribution in [-0.4, -0.2) is 70.1 Å². The van der Waals surface area contributed by atoms with Crippen LogP contribution in [0.15, 0.2) is 29.3 Å². The van der Waals surface area contributed by atoms with Crippen LogP contribution in [0.25, 0.3) is 0 Å². The van der Waals surface area contributed by atoms with Crippen molar-refractivity contribution in [2.24, 2.45) is 4.99 Å². The molecule has 158 valence electrons. The van der Waals surface area contributed by atoms with Crippen LogP contribution < -0.4 is 10.6 Å². The molecule has 1 atom stereocenters. The minimum absolute atomic E-state index is 0.242. The number of sulfone groups is 1. The highest BCUT2D eigenvalue weighted by molar-refractivity contribution is 7.90. The molecule has 1 unspecified atom stereocenters. The van der Waals surface area contributed by atoms with E-state index in [4.69, 9.17) is 4.99 Å². The highest BCUT2D eigenvalue weighted by atomic mass is 32.2. The molecular formula is C21H36N4O2S. The predicted molar refractivity (Wildman–Crippen MR) is 118 cm³/mol. The van der Waals surface area contributed by atoms with Crippen molar-refractivity contribution in [3.63, 3.8) is 0 Å². The van der Waals surface area contributed by atoms with Gasteiger partial charge in [0.1, 0.15) is 9.84 Å². The zero-order valence-electron chi connectivity index (χ0n) is 17.7. The first-order valence-electron chi connectivity index (χ1n) is 10.3. The Balaban J connectivity index is 1.83. The van der Waals surface area contributed by atoms with Crippen molar-refractivity contribution in [3.8, 4) is 0 Å². The summed E-state index contributed by atoms with van der Waals surface area (Å²) in [5.41, 5.74) is 2.58. The fraction of sp³-hybridized carbons (Fsp3) is 0.667. The lowest BCUT2D eigenvalue weighted by molar-refractivity contribution is 0.216. The van der Waals surface area contributed by atoms with Gasteiger partial charge in [0.25, 0.3) is 0 Å². The quantitative estimate of drug-likeness (QED) is 0.509. The molecule has 1 aliphatic rings. The lowest BCUT2D eigenvalue weighted by atomic mass is 10.0. The molecule has 6 nitrogen and oxygen atoms in total. The molecule has 28 heavy (non-hydrogen) atoms. The van der Waals surface area contributed by atoms with Gasteiger partial charge in [-0.2, -0.15) is 0 Å². The Kier molecular flexibility index (Phi) is 8.76. The second-order valence-electron chi connectivity index (χ2n) is 7.92. The van der Waals surface area contributed by atoms with Gasteiger partial charge in [0, 0.05) is 50.9 Å². The van der Waals surface area contributed by atoms with Crippen LogP contribution in [0.2, 0.25) is 0 Å². The van der Waals surface area contributed by atoms with Crippen LogP contribution in [0, 0.1) is 6.92 Å². The third kappa shape index (κ3) is 8.19. The molecule has 1 aliphatic heterocycles. The number of nitrogens with zero attached hydrogens (tertiary/aromatic N) is 2. The average Bonchev–Trinajstić information content (AvgIpc) is 2.65.